The lowest BCUT2D eigenvalue weighted by molar-refractivity contribution is 0.0766. The number of carbonyl (C=O) groups is 2. The van der Waals surface area contributed by atoms with Crippen LogP contribution >= 0.6 is 0 Å². The van der Waals surface area contributed by atoms with Crippen molar-refractivity contribution in [3.8, 4) is 11.5 Å². The third-order valence-electron chi connectivity index (χ3n) is 6.56. The monoisotopic (exact) mass is 503 g/mol. The molecule has 2 aromatic carbocycles. The van der Waals surface area contributed by atoms with Crippen LogP contribution in [0.4, 0.5) is 22.0 Å². The molecule has 1 aromatic heterocycles. The molecule has 3 aromatic rings. The second kappa shape index (κ2) is 11.6. The van der Waals surface area contributed by atoms with Gasteiger partial charge in [0.2, 0.25) is 0 Å². The summed E-state index contributed by atoms with van der Waals surface area (Å²) < 4.78 is 10.6. The highest BCUT2D eigenvalue weighted by Gasteiger charge is 2.22. The summed E-state index contributed by atoms with van der Waals surface area (Å²) in [5.41, 5.74) is 4.07. The molecule has 2 heterocycles. The van der Waals surface area contributed by atoms with E-state index < -0.39 is 0 Å². The van der Waals surface area contributed by atoms with Gasteiger partial charge in [-0.3, -0.25) is 4.79 Å². The number of anilines is 3. The first-order valence-electron chi connectivity index (χ1n) is 12.3. The van der Waals surface area contributed by atoms with Crippen LogP contribution in [-0.2, 0) is 0 Å². The first kappa shape index (κ1) is 25.8. The third-order valence-corrected chi connectivity index (χ3v) is 6.56. The highest BCUT2D eigenvalue weighted by molar-refractivity contribution is 6.00. The number of nitrogens with zero attached hydrogens (tertiary/aromatic N) is 3. The highest BCUT2D eigenvalue weighted by atomic mass is 16.5. The number of benzene rings is 2. The van der Waals surface area contributed by atoms with E-state index >= 15 is 0 Å². The molecule has 37 heavy (non-hydrogen) atoms. The molecule has 1 fully saturated rings. The van der Waals surface area contributed by atoms with Gasteiger partial charge in [0.25, 0.3) is 5.91 Å². The van der Waals surface area contributed by atoms with Gasteiger partial charge in [0.05, 0.1) is 26.1 Å². The maximum absolute atomic E-state index is 13.2. The fourth-order valence-electron chi connectivity index (χ4n) is 4.28. The lowest BCUT2D eigenvalue weighted by atomic mass is 10.1. The van der Waals surface area contributed by atoms with Crippen LogP contribution in [0.15, 0.2) is 54.7 Å². The predicted octanol–water partition coefficient (Wildman–Crippen LogP) is 4.71. The van der Waals surface area contributed by atoms with Gasteiger partial charge in [-0.25, -0.2) is 9.78 Å². The Bertz CT molecular complexity index is 1240. The summed E-state index contributed by atoms with van der Waals surface area (Å²) in [6.07, 6.45) is 2.46. The Morgan fingerprint density at radius 2 is 1.65 bits per heavy atom. The molecule has 3 amide bonds. The molecule has 0 saturated carbocycles. The minimum absolute atomic E-state index is 0.0542. The summed E-state index contributed by atoms with van der Waals surface area (Å²) in [6.45, 7) is 6.63. The van der Waals surface area contributed by atoms with Gasteiger partial charge >= 0.3 is 6.03 Å². The van der Waals surface area contributed by atoms with Crippen molar-refractivity contribution in [2.75, 3.05) is 55.9 Å². The molecule has 194 valence electrons. The van der Waals surface area contributed by atoms with Crippen molar-refractivity contribution in [1.82, 2.24) is 9.88 Å². The van der Waals surface area contributed by atoms with E-state index in [0.717, 1.165) is 35.6 Å². The minimum atomic E-state index is -0.318. The molecular weight excluding hydrogens is 470 g/mol. The Morgan fingerprint density at radius 3 is 2.32 bits per heavy atom. The Labute approximate surface area is 217 Å². The van der Waals surface area contributed by atoms with Gasteiger partial charge < -0.3 is 29.9 Å². The Kier molecular flexibility index (Phi) is 8.12. The topological polar surface area (TPSA) is 96.0 Å². The van der Waals surface area contributed by atoms with Gasteiger partial charge in [-0.1, -0.05) is 12.1 Å². The van der Waals surface area contributed by atoms with E-state index in [-0.39, 0.29) is 11.9 Å². The molecule has 0 unspecified atom stereocenters. The zero-order valence-corrected chi connectivity index (χ0v) is 21.7. The summed E-state index contributed by atoms with van der Waals surface area (Å²) in [4.78, 5) is 34.2. The number of methoxy groups -OCH3 is 2. The van der Waals surface area contributed by atoms with Gasteiger partial charge in [-0.2, -0.15) is 0 Å². The molecule has 0 radical (unpaired) electrons. The number of pyridine rings is 1. The number of urea groups is 1. The average Bonchev–Trinajstić information content (AvgIpc) is 3.17. The minimum Gasteiger partial charge on any atom is -0.497 e. The molecule has 9 nitrogen and oxygen atoms in total. The maximum Gasteiger partial charge on any atom is 0.323 e. The van der Waals surface area contributed by atoms with Crippen molar-refractivity contribution < 1.29 is 19.1 Å². The standard InChI is InChI=1S/C28H33N5O4/c1-19-7-5-8-25(20(19)2)31-28(35)30-22-9-10-26(29-18-22)32-11-6-12-33(14-13-32)27(34)21-15-23(36-3)17-24(16-21)37-4/h5,7-10,15-18H,6,11-14H2,1-4H3,(H2,30,31,35). The quantitative estimate of drug-likeness (QED) is 0.506. The molecule has 1 aliphatic rings. The third kappa shape index (κ3) is 6.30. The Balaban J connectivity index is 1.35. The van der Waals surface area contributed by atoms with Crippen molar-refractivity contribution in [2.45, 2.75) is 20.3 Å². The van der Waals surface area contributed by atoms with Crippen LogP contribution in [0, 0.1) is 13.8 Å². The van der Waals surface area contributed by atoms with E-state index in [4.69, 9.17) is 9.47 Å². The average molecular weight is 504 g/mol. The van der Waals surface area contributed by atoms with Crippen LogP contribution in [0.2, 0.25) is 0 Å². The molecule has 0 bridgehead atoms. The van der Waals surface area contributed by atoms with Crippen LogP contribution in [0.5, 0.6) is 11.5 Å². The second-order valence-electron chi connectivity index (χ2n) is 8.97. The van der Waals surface area contributed by atoms with Gasteiger partial charge in [0.15, 0.2) is 0 Å². The summed E-state index contributed by atoms with van der Waals surface area (Å²) in [5.74, 6) is 1.92. The number of nitrogens with one attached hydrogen (secondary N) is 2. The summed E-state index contributed by atoms with van der Waals surface area (Å²) >= 11 is 0. The second-order valence-corrected chi connectivity index (χ2v) is 8.97. The van der Waals surface area contributed by atoms with Crippen molar-refractivity contribution in [1.29, 1.82) is 0 Å². The SMILES string of the molecule is COc1cc(OC)cc(C(=O)N2CCCN(c3ccc(NC(=O)Nc4cccc(C)c4C)cn3)CC2)c1. The van der Waals surface area contributed by atoms with Crippen molar-refractivity contribution in [3.63, 3.8) is 0 Å². The predicted molar refractivity (Wildman–Crippen MR) is 145 cm³/mol. The lowest BCUT2D eigenvalue weighted by Crippen LogP contribution is -2.35. The number of hydrogen-bond acceptors (Lipinski definition) is 6. The zero-order chi connectivity index (χ0) is 26.4. The molecule has 1 saturated heterocycles. The number of aryl methyl sites for hydroxylation is 1. The molecular formula is C28H33N5O4. The Hall–Kier alpha value is -4.27. The fraction of sp³-hybridized carbons (Fsp3) is 0.321. The first-order chi connectivity index (χ1) is 17.9. The fourth-order valence-corrected chi connectivity index (χ4v) is 4.28. The maximum atomic E-state index is 13.2. The number of ether oxygens (including phenoxy) is 2. The van der Waals surface area contributed by atoms with Crippen LogP contribution in [0.3, 0.4) is 0 Å². The first-order valence-corrected chi connectivity index (χ1v) is 12.3. The molecule has 0 atom stereocenters. The van der Waals surface area contributed by atoms with E-state index in [9.17, 15) is 9.59 Å². The Morgan fingerprint density at radius 1 is 0.892 bits per heavy atom. The molecule has 0 spiro atoms. The molecule has 1 aliphatic heterocycles. The van der Waals surface area contributed by atoms with Gasteiger partial charge in [0.1, 0.15) is 17.3 Å². The van der Waals surface area contributed by atoms with Gasteiger partial charge in [-0.05, 0) is 61.7 Å². The van der Waals surface area contributed by atoms with Crippen molar-refractivity contribution in [3.05, 3.63) is 71.4 Å². The van der Waals surface area contributed by atoms with Crippen molar-refractivity contribution >= 4 is 29.1 Å². The van der Waals surface area contributed by atoms with Crippen LogP contribution in [0.1, 0.15) is 27.9 Å². The molecule has 2 N–H and O–H groups in total. The molecule has 9 heteroatoms. The number of hydrogen-bond donors (Lipinski definition) is 2. The van der Waals surface area contributed by atoms with E-state index in [1.54, 1.807) is 38.6 Å². The molecule has 4 rings (SSSR count). The number of aromatic nitrogens is 1. The number of amides is 3. The largest absolute Gasteiger partial charge is 0.497 e. The summed E-state index contributed by atoms with van der Waals surface area (Å²) in [5, 5.41) is 5.72. The van der Waals surface area contributed by atoms with E-state index in [1.807, 2.05) is 49.1 Å². The normalized spacial score (nSPS) is 13.5. The highest BCUT2D eigenvalue weighted by Crippen LogP contribution is 2.24. The summed E-state index contributed by atoms with van der Waals surface area (Å²) in [6, 6.07) is 14.4. The smallest absolute Gasteiger partial charge is 0.323 e. The van der Waals surface area contributed by atoms with Crippen LogP contribution < -0.4 is 25.0 Å². The van der Waals surface area contributed by atoms with Crippen LogP contribution in [0.25, 0.3) is 0 Å². The number of rotatable bonds is 6. The summed E-state index contributed by atoms with van der Waals surface area (Å²) in [7, 11) is 3.14. The van der Waals surface area contributed by atoms with Gasteiger partial charge in [-0.15, -0.1) is 0 Å². The van der Waals surface area contributed by atoms with Gasteiger partial charge in [0, 0.05) is 43.5 Å². The van der Waals surface area contributed by atoms with E-state index in [1.165, 1.54) is 0 Å². The zero-order valence-electron chi connectivity index (χ0n) is 21.7. The van der Waals surface area contributed by atoms with Crippen molar-refractivity contribution in [2.24, 2.45) is 0 Å². The van der Waals surface area contributed by atoms with Crippen LogP contribution in [-0.4, -0.2) is 62.2 Å². The lowest BCUT2D eigenvalue weighted by Gasteiger charge is -2.23. The van der Waals surface area contributed by atoms with E-state index in [2.05, 4.69) is 20.5 Å². The van der Waals surface area contributed by atoms with E-state index in [0.29, 0.717) is 42.4 Å². The number of carbonyl (C=O) groups excluding carboxylic acids is 2. The molecule has 0 aliphatic carbocycles.